The molecule has 0 aliphatic carbocycles. The predicted molar refractivity (Wildman–Crippen MR) is 152 cm³/mol. The fourth-order valence-electron chi connectivity index (χ4n) is 4.51. The van der Waals surface area contributed by atoms with Crippen molar-refractivity contribution >= 4 is 45.0 Å². The number of halogens is 1. The molecule has 1 saturated heterocycles. The van der Waals surface area contributed by atoms with Crippen molar-refractivity contribution in [3.63, 3.8) is 0 Å². The second kappa shape index (κ2) is 12.3. The van der Waals surface area contributed by atoms with Gasteiger partial charge in [0.15, 0.2) is 6.61 Å². The minimum atomic E-state index is -0.400. The van der Waals surface area contributed by atoms with Crippen LogP contribution in [0.1, 0.15) is 35.6 Å². The fraction of sp³-hybridized carbons (Fsp3) is 0.300. The molecule has 198 valence electrons. The van der Waals surface area contributed by atoms with E-state index in [2.05, 4.69) is 45.6 Å². The van der Waals surface area contributed by atoms with E-state index in [1.54, 1.807) is 29.2 Å². The van der Waals surface area contributed by atoms with Gasteiger partial charge in [0.25, 0.3) is 5.91 Å². The third-order valence-electron chi connectivity index (χ3n) is 6.67. The first-order valence-corrected chi connectivity index (χ1v) is 13.5. The van der Waals surface area contributed by atoms with Crippen molar-refractivity contribution in [2.75, 3.05) is 23.4 Å². The summed E-state index contributed by atoms with van der Waals surface area (Å²) < 4.78 is 6.61. The summed E-state index contributed by atoms with van der Waals surface area (Å²) in [5, 5.41) is 5.86. The molecule has 1 fully saturated rings. The van der Waals surface area contributed by atoms with E-state index < -0.39 is 5.92 Å². The van der Waals surface area contributed by atoms with Crippen LogP contribution in [-0.2, 0) is 27.3 Å². The molecular formula is C30H32BrN3O4. The zero-order chi connectivity index (χ0) is 27.2. The van der Waals surface area contributed by atoms with Crippen LogP contribution in [0.5, 0.6) is 5.75 Å². The standard InChI is InChI=1S/C30H32BrN3O4/c1-4-21-5-7-22(8-6-21)16-32-30(37)23-15-28(36)34(17-23)25-9-11-26(12-10-25)38-18-27(35)33-29-19(2)13-24(31)14-20(29)3/h5-14,23H,4,15-18H2,1-3H3,(H,32,37)(H,33,35)/t23-/m1/s1. The Hall–Kier alpha value is -3.65. The van der Waals surface area contributed by atoms with E-state index in [-0.39, 0.29) is 30.7 Å². The van der Waals surface area contributed by atoms with Crippen molar-refractivity contribution in [1.29, 1.82) is 0 Å². The molecule has 0 unspecified atom stereocenters. The number of carbonyl (C=O) groups excluding carboxylic acids is 3. The van der Waals surface area contributed by atoms with Crippen molar-refractivity contribution in [2.24, 2.45) is 5.92 Å². The lowest BCUT2D eigenvalue weighted by atomic mass is 10.1. The largest absolute Gasteiger partial charge is 0.484 e. The second-order valence-electron chi connectivity index (χ2n) is 9.54. The number of benzene rings is 3. The Balaban J connectivity index is 1.27. The van der Waals surface area contributed by atoms with E-state index in [1.807, 2.05) is 38.1 Å². The average molecular weight is 579 g/mol. The molecule has 0 bridgehead atoms. The number of nitrogens with zero attached hydrogens (tertiary/aromatic N) is 1. The molecule has 38 heavy (non-hydrogen) atoms. The normalized spacial score (nSPS) is 14.9. The van der Waals surface area contributed by atoms with Crippen molar-refractivity contribution in [3.8, 4) is 5.75 Å². The van der Waals surface area contributed by atoms with Gasteiger partial charge in [-0.25, -0.2) is 0 Å². The number of anilines is 2. The third kappa shape index (κ3) is 6.81. The van der Waals surface area contributed by atoms with Crippen LogP contribution in [-0.4, -0.2) is 30.9 Å². The molecular weight excluding hydrogens is 546 g/mol. The first kappa shape index (κ1) is 27.4. The van der Waals surface area contributed by atoms with Crippen LogP contribution in [0.2, 0.25) is 0 Å². The zero-order valence-corrected chi connectivity index (χ0v) is 23.4. The van der Waals surface area contributed by atoms with Gasteiger partial charge in [-0.1, -0.05) is 47.1 Å². The quantitative estimate of drug-likeness (QED) is 0.360. The van der Waals surface area contributed by atoms with E-state index in [0.717, 1.165) is 33.3 Å². The predicted octanol–water partition coefficient (Wildman–Crippen LogP) is 5.32. The molecule has 7 nitrogen and oxygen atoms in total. The molecule has 8 heteroatoms. The summed E-state index contributed by atoms with van der Waals surface area (Å²) in [6, 6.07) is 19.0. The molecule has 0 aromatic heterocycles. The summed E-state index contributed by atoms with van der Waals surface area (Å²) in [5.41, 5.74) is 5.67. The highest BCUT2D eigenvalue weighted by Crippen LogP contribution is 2.28. The highest BCUT2D eigenvalue weighted by Gasteiger charge is 2.35. The number of ether oxygens (including phenoxy) is 1. The lowest BCUT2D eigenvalue weighted by Crippen LogP contribution is -2.32. The molecule has 4 rings (SSSR count). The van der Waals surface area contributed by atoms with Crippen LogP contribution in [0.4, 0.5) is 11.4 Å². The summed E-state index contributed by atoms with van der Waals surface area (Å²) in [6.07, 6.45) is 1.15. The lowest BCUT2D eigenvalue weighted by Gasteiger charge is -2.17. The maximum atomic E-state index is 12.7. The van der Waals surface area contributed by atoms with Crippen LogP contribution in [0, 0.1) is 19.8 Å². The Kier molecular flexibility index (Phi) is 8.84. The number of rotatable bonds is 9. The van der Waals surface area contributed by atoms with Crippen LogP contribution >= 0.6 is 15.9 Å². The number of nitrogens with one attached hydrogen (secondary N) is 2. The summed E-state index contributed by atoms with van der Waals surface area (Å²) in [5.74, 6) is -0.355. The van der Waals surface area contributed by atoms with Crippen LogP contribution in [0.3, 0.4) is 0 Å². The maximum Gasteiger partial charge on any atom is 0.262 e. The fourth-order valence-corrected chi connectivity index (χ4v) is 5.20. The summed E-state index contributed by atoms with van der Waals surface area (Å²) in [6.45, 7) is 6.60. The van der Waals surface area contributed by atoms with Crippen LogP contribution in [0.25, 0.3) is 0 Å². The van der Waals surface area contributed by atoms with Crippen LogP contribution in [0.15, 0.2) is 65.1 Å². The highest BCUT2D eigenvalue weighted by atomic mass is 79.9. The number of hydrogen-bond donors (Lipinski definition) is 2. The van der Waals surface area contributed by atoms with Crippen LogP contribution < -0.4 is 20.3 Å². The van der Waals surface area contributed by atoms with E-state index in [0.29, 0.717) is 24.5 Å². The Morgan fingerprint density at radius 2 is 1.63 bits per heavy atom. The number of aryl methyl sites for hydroxylation is 3. The van der Waals surface area contributed by atoms with Crippen molar-refractivity contribution in [1.82, 2.24) is 5.32 Å². The molecule has 0 saturated carbocycles. The topological polar surface area (TPSA) is 87.7 Å². The number of hydrogen-bond acceptors (Lipinski definition) is 4. The Labute approximate surface area is 231 Å². The molecule has 3 amide bonds. The Morgan fingerprint density at radius 3 is 2.26 bits per heavy atom. The summed E-state index contributed by atoms with van der Waals surface area (Å²) in [7, 11) is 0. The Morgan fingerprint density at radius 1 is 1.00 bits per heavy atom. The SMILES string of the molecule is CCc1ccc(CNC(=O)[C@@H]2CC(=O)N(c3ccc(OCC(=O)Nc4c(C)cc(Br)cc4C)cc3)C2)cc1. The average Bonchev–Trinajstić information content (AvgIpc) is 3.30. The molecule has 1 aliphatic heterocycles. The van der Waals surface area contributed by atoms with Gasteiger partial charge in [-0.05, 0) is 78.9 Å². The van der Waals surface area contributed by atoms with Gasteiger partial charge in [0, 0.05) is 35.4 Å². The minimum absolute atomic E-state index is 0.0919. The molecule has 1 atom stereocenters. The Bertz CT molecular complexity index is 1300. The van der Waals surface area contributed by atoms with E-state index >= 15 is 0 Å². The van der Waals surface area contributed by atoms with Gasteiger partial charge in [0.05, 0.1) is 5.92 Å². The minimum Gasteiger partial charge on any atom is -0.484 e. The van der Waals surface area contributed by atoms with Crippen molar-refractivity contribution in [2.45, 2.75) is 40.2 Å². The van der Waals surface area contributed by atoms with Gasteiger partial charge in [0.2, 0.25) is 11.8 Å². The molecule has 3 aromatic rings. The van der Waals surface area contributed by atoms with Gasteiger partial charge in [-0.15, -0.1) is 0 Å². The second-order valence-corrected chi connectivity index (χ2v) is 10.5. The number of amides is 3. The van der Waals surface area contributed by atoms with Gasteiger partial charge >= 0.3 is 0 Å². The maximum absolute atomic E-state index is 12.7. The van der Waals surface area contributed by atoms with E-state index in [9.17, 15) is 14.4 Å². The van der Waals surface area contributed by atoms with E-state index in [1.165, 1.54) is 5.56 Å². The van der Waals surface area contributed by atoms with Gasteiger partial charge in [0.1, 0.15) is 5.75 Å². The summed E-state index contributed by atoms with van der Waals surface area (Å²) >= 11 is 3.46. The molecule has 0 radical (unpaired) electrons. The molecule has 2 N–H and O–H groups in total. The van der Waals surface area contributed by atoms with Gasteiger partial charge in [-0.3, -0.25) is 14.4 Å². The highest BCUT2D eigenvalue weighted by molar-refractivity contribution is 9.10. The van der Waals surface area contributed by atoms with Crippen molar-refractivity contribution in [3.05, 3.63) is 87.4 Å². The monoisotopic (exact) mass is 577 g/mol. The first-order valence-electron chi connectivity index (χ1n) is 12.7. The van der Waals surface area contributed by atoms with Gasteiger partial charge < -0.3 is 20.3 Å². The molecule has 1 heterocycles. The van der Waals surface area contributed by atoms with E-state index in [4.69, 9.17) is 4.74 Å². The lowest BCUT2D eigenvalue weighted by molar-refractivity contribution is -0.126. The third-order valence-corrected chi connectivity index (χ3v) is 7.13. The first-order chi connectivity index (χ1) is 18.2. The smallest absolute Gasteiger partial charge is 0.262 e. The molecule has 1 aliphatic rings. The summed E-state index contributed by atoms with van der Waals surface area (Å²) in [4.78, 5) is 39.4. The number of carbonyl (C=O) groups is 3. The molecule has 3 aromatic carbocycles. The zero-order valence-electron chi connectivity index (χ0n) is 21.8. The van der Waals surface area contributed by atoms with Crippen molar-refractivity contribution < 1.29 is 19.1 Å². The molecule has 0 spiro atoms. The van der Waals surface area contributed by atoms with Gasteiger partial charge in [-0.2, -0.15) is 0 Å².